The van der Waals surface area contributed by atoms with Gasteiger partial charge in [-0.1, -0.05) is 47.5 Å². The van der Waals surface area contributed by atoms with Gasteiger partial charge < -0.3 is 10.1 Å². The topological polar surface area (TPSA) is 21.3 Å². The van der Waals surface area contributed by atoms with Gasteiger partial charge in [0.25, 0.3) is 0 Å². The van der Waals surface area contributed by atoms with Crippen molar-refractivity contribution in [1.82, 2.24) is 5.32 Å². The molecule has 0 saturated carbocycles. The Morgan fingerprint density at radius 3 is 1.81 bits per heavy atom. The van der Waals surface area contributed by atoms with Crippen LogP contribution >= 0.6 is 0 Å². The van der Waals surface area contributed by atoms with Gasteiger partial charge >= 0.3 is 0 Å². The Balaban J connectivity index is 4.83. The number of rotatable bonds is 7. The predicted octanol–water partition coefficient (Wildman–Crippen LogP) is 3.46. The number of hydrogen-bond acceptors (Lipinski definition) is 2. The summed E-state index contributed by atoms with van der Waals surface area (Å²) in [6, 6.07) is 0.454. The molecule has 0 aliphatic carbocycles. The summed E-state index contributed by atoms with van der Waals surface area (Å²) in [7, 11) is 2.06. The molecule has 0 amide bonds. The molecule has 2 unspecified atom stereocenters. The molecule has 98 valence electrons. The van der Waals surface area contributed by atoms with Crippen molar-refractivity contribution in [3.63, 3.8) is 0 Å². The zero-order valence-electron chi connectivity index (χ0n) is 12.3. The van der Waals surface area contributed by atoms with Crippen LogP contribution in [-0.2, 0) is 4.74 Å². The van der Waals surface area contributed by atoms with Gasteiger partial charge in [-0.3, -0.25) is 0 Å². The highest BCUT2D eigenvalue weighted by atomic mass is 16.5. The van der Waals surface area contributed by atoms with Crippen molar-refractivity contribution in [1.29, 1.82) is 0 Å². The normalized spacial score (nSPS) is 16.5. The van der Waals surface area contributed by atoms with E-state index < -0.39 is 0 Å². The summed E-state index contributed by atoms with van der Waals surface area (Å²) in [5.74, 6) is 0.695. The zero-order chi connectivity index (χ0) is 12.8. The lowest BCUT2D eigenvalue weighted by atomic mass is 9.78. The Morgan fingerprint density at radius 1 is 1.06 bits per heavy atom. The maximum atomic E-state index is 5.98. The maximum Gasteiger partial charge on any atom is 0.0778 e. The van der Waals surface area contributed by atoms with Gasteiger partial charge in [-0.25, -0.2) is 0 Å². The first-order valence-electron chi connectivity index (χ1n) is 6.71. The van der Waals surface area contributed by atoms with E-state index in [1.807, 2.05) is 0 Å². The van der Waals surface area contributed by atoms with Crippen LogP contribution in [0.2, 0.25) is 0 Å². The van der Waals surface area contributed by atoms with Crippen molar-refractivity contribution in [3.05, 3.63) is 0 Å². The quantitative estimate of drug-likeness (QED) is 0.722. The van der Waals surface area contributed by atoms with Gasteiger partial charge in [-0.05, 0) is 25.3 Å². The van der Waals surface area contributed by atoms with Gasteiger partial charge in [-0.15, -0.1) is 0 Å². The largest absolute Gasteiger partial charge is 0.376 e. The second-order valence-corrected chi connectivity index (χ2v) is 5.63. The second kappa shape index (κ2) is 7.29. The van der Waals surface area contributed by atoms with Gasteiger partial charge in [0.05, 0.1) is 6.10 Å². The van der Waals surface area contributed by atoms with Crippen molar-refractivity contribution < 1.29 is 4.74 Å². The SMILES string of the molecule is CCOC(C(NC)C(CC)CC)C(C)(C)C. The summed E-state index contributed by atoms with van der Waals surface area (Å²) in [5.41, 5.74) is 0.187. The van der Waals surface area contributed by atoms with Crippen molar-refractivity contribution in [3.8, 4) is 0 Å². The summed E-state index contributed by atoms with van der Waals surface area (Å²) in [4.78, 5) is 0. The minimum Gasteiger partial charge on any atom is -0.376 e. The van der Waals surface area contributed by atoms with Gasteiger partial charge in [0.2, 0.25) is 0 Å². The highest BCUT2D eigenvalue weighted by molar-refractivity contribution is 4.89. The van der Waals surface area contributed by atoms with Crippen molar-refractivity contribution in [2.24, 2.45) is 11.3 Å². The van der Waals surface area contributed by atoms with Gasteiger partial charge in [0, 0.05) is 12.6 Å². The summed E-state index contributed by atoms with van der Waals surface area (Å²) in [5, 5.41) is 3.47. The van der Waals surface area contributed by atoms with Crippen LogP contribution in [0.3, 0.4) is 0 Å². The first kappa shape index (κ1) is 15.9. The van der Waals surface area contributed by atoms with Crippen LogP contribution in [0.15, 0.2) is 0 Å². The maximum absolute atomic E-state index is 5.98. The van der Waals surface area contributed by atoms with Gasteiger partial charge in [0.15, 0.2) is 0 Å². The van der Waals surface area contributed by atoms with Crippen molar-refractivity contribution >= 4 is 0 Å². The van der Waals surface area contributed by atoms with Crippen LogP contribution in [0.5, 0.6) is 0 Å². The average molecular weight is 229 g/mol. The molecule has 0 heterocycles. The number of ether oxygens (including phenoxy) is 1. The molecule has 16 heavy (non-hydrogen) atoms. The molecule has 2 nitrogen and oxygen atoms in total. The van der Waals surface area contributed by atoms with Crippen LogP contribution in [-0.4, -0.2) is 25.8 Å². The fraction of sp³-hybridized carbons (Fsp3) is 1.00. The number of nitrogens with one attached hydrogen (secondary N) is 1. The molecule has 0 aromatic rings. The highest BCUT2D eigenvalue weighted by Gasteiger charge is 2.35. The van der Waals surface area contributed by atoms with E-state index in [4.69, 9.17) is 4.74 Å². The molecule has 2 atom stereocenters. The molecule has 0 aliphatic rings. The lowest BCUT2D eigenvalue weighted by Crippen LogP contribution is -2.50. The lowest BCUT2D eigenvalue weighted by Gasteiger charge is -2.40. The standard InChI is InChI=1S/C14H31NO/c1-8-11(9-2)12(15-7)13(16-10-3)14(4,5)6/h11-13,15H,8-10H2,1-7H3. The van der Waals surface area contributed by atoms with Gasteiger partial charge in [-0.2, -0.15) is 0 Å². The molecular weight excluding hydrogens is 198 g/mol. The molecule has 0 spiro atoms. The Bertz CT molecular complexity index is 170. The van der Waals surface area contributed by atoms with E-state index in [0.717, 1.165) is 6.61 Å². The summed E-state index contributed by atoms with van der Waals surface area (Å²) in [6.45, 7) is 14.2. The summed E-state index contributed by atoms with van der Waals surface area (Å²) >= 11 is 0. The molecule has 0 aliphatic heterocycles. The third-order valence-electron chi connectivity index (χ3n) is 3.42. The molecule has 0 saturated heterocycles. The van der Waals surface area contributed by atoms with E-state index >= 15 is 0 Å². The van der Waals surface area contributed by atoms with Gasteiger partial charge in [0.1, 0.15) is 0 Å². The van der Waals surface area contributed by atoms with E-state index in [0.29, 0.717) is 12.0 Å². The lowest BCUT2D eigenvalue weighted by molar-refractivity contribution is -0.0481. The molecule has 0 radical (unpaired) electrons. The van der Waals surface area contributed by atoms with E-state index in [1.165, 1.54) is 12.8 Å². The monoisotopic (exact) mass is 229 g/mol. The van der Waals surface area contributed by atoms with Crippen LogP contribution in [0.25, 0.3) is 0 Å². The third kappa shape index (κ3) is 4.42. The molecule has 0 aromatic carbocycles. The van der Waals surface area contributed by atoms with E-state index in [2.05, 4.69) is 53.9 Å². The van der Waals surface area contributed by atoms with Crippen LogP contribution in [0.4, 0.5) is 0 Å². The molecule has 1 N–H and O–H groups in total. The smallest absolute Gasteiger partial charge is 0.0778 e. The van der Waals surface area contributed by atoms with Crippen LogP contribution in [0, 0.1) is 11.3 Å². The third-order valence-corrected chi connectivity index (χ3v) is 3.42. The summed E-state index contributed by atoms with van der Waals surface area (Å²) < 4.78 is 5.98. The van der Waals surface area contributed by atoms with Crippen molar-refractivity contribution in [2.45, 2.75) is 66.5 Å². The highest BCUT2D eigenvalue weighted by Crippen LogP contribution is 2.30. The molecule has 2 heteroatoms. The van der Waals surface area contributed by atoms with E-state index in [1.54, 1.807) is 0 Å². The molecule has 0 bridgehead atoms. The van der Waals surface area contributed by atoms with Crippen molar-refractivity contribution in [2.75, 3.05) is 13.7 Å². The Labute approximate surface area is 102 Å². The average Bonchev–Trinajstić information content (AvgIpc) is 2.21. The fourth-order valence-electron chi connectivity index (χ4n) is 2.50. The molecule has 0 fully saturated rings. The molecule has 0 rings (SSSR count). The van der Waals surface area contributed by atoms with Crippen LogP contribution < -0.4 is 5.32 Å². The zero-order valence-corrected chi connectivity index (χ0v) is 12.3. The minimum absolute atomic E-state index is 0.187. The predicted molar refractivity (Wildman–Crippen MR) is 71.8 cm³/mol. The molecule has 0 aromatic heterocycles. The number of likely N-dealkylation sites (N-methyl/N-ethyl adjacent to an activating group) is 1. The molecular formula is C14H31NO. The Morgan fingerprint density at radius 2 is 1.56 bits per heavy atom. The summed E-state index contributed by atoms with van der Waals surface area (Å²) in [6.07, 6.45) is 2.70. The fourth-order valence-corrected chi connectivity index (χ4v) is 2.50. The van der Waals surface area contributed by atoms with E-state index in [-0.39, 0.29) is 11.5 Å². The first-order valence-corrected chi connectivity index (χ1v) is 6.71. The Kier molecular flexibility index (Phi) is 7.25. The Hall–Kier alpha value is -0.0800. The first-order chi connectivity index (χ1) is 7.42. The number of hydrogen-bond donors (Lipinski definition) is 1. The second-order valence-electron chi connectivity index (χ2n) is 5.63. The minimum atomic E-state index is 0.187. The van der Waals surface area contributed by atoms with E-state index in [9.17, 15) is 0 Å². The van der Waals surface area contributed by atoms with Crippen LogP contribution in [0.1, 0.15) is 54.4 Å².